The first kappa shape index (κ1) is 9.52. The Hall–Kier alpha value is -0.570. The Morgan fingerprint density at radius 3 is 2.58 bits per heavy atom. The van der Waals surface area contributed by atoms with E-state index < -0.39 is 11.5 Å². The molecule has 1 saturated heterocycles. The number of hydrogen-bond acceptors (Lipinski definition) is 2. The number of likely N-dealkylation sites (tertiary alicyclic amines) is 1. The molecule has 1 heterocycles. The molecule has 3 heteroatoms. The van der Waals surface area contributed by atoms with E-state index in [-0.39, 0.29) is 0 Å². The van der Waals surface area contributed by atoms with Crippen LogP contribution in [0.5, 0.6) is 0 Å². The summed E-state index contributed by atoms with van der Waals surface area (Å²) in [6, 6.07) is 0. The largest absolute Gasteiger partial charge is 0.480 e. The molecule has 1 unspecified atom stereocenters. The van der Waals surface area contributed by atoms with Gasteiger partial charge < -0.3 is 5.11 Å². The fourth-order valence-corrected chi connectivity index (χ4v) is 2.19. The van der Waals surface area contributed by atoms with Gasteiger partial charge in [0, 0.05) is 0 Å². The van der Waals surface area contributed by atoms with E-state index >= 15 is 0 Å². The molecule has 0 amide bonds. The Bertz CT molecular complexity index is 181. The summed E-state index contributed by atoms with van der Waals surface area (Å²) in [5.41, 5.74) is -0.547. The number of nitrogens with zero attached hydrogens (tertiary/aromatic N) is 1. The molecule has 0 aliphatic carbocycles. The molecule has 1 fully saturated rings. The van der Waals surface area contributed by atoms with Gasteiger partial charge >= 0.3 is 5.97 Å². The average molecular weight is 171 g/mol. The van der Waals surface area contributed by atoms with Crippen molar-refractivity contribution in [2.75, 3.05) is 13.1 Å². The third-order valence-electron chi connectivity index (χ3n) is 2.99. The molecule has 3 nitrogen and oxygen atoms in total. The predicted molar refractivity (Wildman–Crippen MR) is 47.1 cm³/mol. The van der Waals surface area contributed by atoms with E-state index in [2.05, 4.69) is 4.90 Å². The normalized spacial score (nSPS) is 30.8. The summed E-state index contributed by atoms with van der Waals surface area (Å²) >= 11 is 0. The summed E-state index contributed by atoms with van der Waals surface area (Å²) in [6.07, 6.45) is 2.55. The second kappa shape index (κ2) is 3.44. The minimum absolute atomic E-state index is 0.547. The maximum Gasteiger partial charge on any atom is 0.324 e. The van der Waals surface area contributed by atoms with Gasteiger partial charge in [0.25, 0.3) is 0 Å². The molecule has 1 aliphatic rings. The first-order valence-corrected chi connectivity index (χ1v) is 4.66. The zero-order valence-corrected chi connectivity index (χ0v) is 7.84. The van der Waals surface area contributed by atoms with Crippen molar-refractivity contribution >= 4 is 5.97 Å². The minimum atomic E-state index is -0.649. The lowest BCUT2D eigenvalue weighted by molar-refractivity contribution is -0.149. The molecule has 12 heavy (non-hydrogen) atoms. The highest BCUT2D eigenvalue weighted by Gasteiger charge is 2.45. The molecule has 0 aromatic rings. The number of aliphatic carboxylic acids is 1. The number of likely N-dealkylation sites (N-methyl/N-ethyl adjacent to an activating group) is 1. The van der Waals surface area contributed by atoms with Crippen LogP contribution in [0.15, 0.2) is 0 Å². The molecule has 1 N–H and O–H groups in total. The highest BCUT2D eigenvalue weighted by molar-refractivity contribution is 5.79. The van der Waals surface area contributed by atoms with Crippen molar-refractivity contribution in [3.05, 3.63) is 0 Å². The highest BCUT2D eigenvalue weighted by Crippen LogP contribution is 2.32. The number of hydrogen-bond donors (Lipinski definition) is 1. The van der Waals surface area contributed by atoms with E-state index in [1.165, 1.54) is 0 Å². The molecular weight excluding hydrogens is 154 g/mol. The number of carboxylic acids is 1. The quantitative estimate of drug-likeness (QED) is 0.696. The van der Waals surface area contributed by atoms with Gasteiger partial charge in [0.1, 0.15) is 5.54 Å². The van der Waals surface area contributed by atoms with Crippen molar-refractivity contribution in [3.8, 4) is 0 Å². The zero-order chi connectivity index (χ0) is 9.19. The van der Waals surface area contributed by atoms with Crippen LogP contribution in [0.3, 0.4) is 0 Å². The molecule has 0 saturated carbocycles. The number of carboxylic acid groups (broad SMARTS) is 1. The summed E-state index contributed by atoms with van der Waals surface area (Å²) < 4.78 is 0. The van der Waals surface area contributed by atoms with E-state index in [1.54, 1.807) is 0 Å². The average Bonchev–Trinajstić information content (AvgIpc) is 2.47. The van der Waals surface area contributed by atoms with Crippen LogP contribution in [0.2, 0.25) is 0 Å². The molecule has 1 atom stereocenters. The second-order valence-electron chi connectivity index (χ2n) is 3.37. The SMILES string of the molecule is CCN1CCCC1(CC)C(=O)O. The molecule has 70 valence electrons. The Kier molecular flexibility index (Phi) is 2.73. The van der Waals surface area contributed by atoms with Crippen LogP contribution >= 0.6 is 0 Å². The van der Waals surface area contributed by atoms with Crippen molar-refractivity contribution in [1.82, 2.24) is 4.90 Å². The van der Waals surface area contributed by atoms with Crippen LogP contribution in [0.25, 0.3) is 0 Å². The number of carbonyl (C=O) groups is 1. The Labute approximate surface area is 73.4 Å². The fraction of sp³-hybridized carbons (Fsp3) is 0.889. The molecule has 0 spiro atoms. The standard InChI is InChI=1S/C9H17NO2/c1-3-9(8(11)12)6-5-7-10(9)4-2/h3-7H2,1-2H3,(H,11,12). The maximum absolute atomic E-state index is 11.1. The molecular formula is C9H17NO2. The highest BCUT2D eigenvalue weighted by atomic mass is 16.4. The van der Waals surface area contributed by atoms with E-state index in [0.717, 1.165) is 32.4 Å². The Balaban J connectivity index is 2.83. The molecule has 0 bridgehead atoms. The van der Waals surface area contributed by atoms with Gasteiger partial charge in [-0.05, 0) is 32.4 Å². The van der Waals surface area contributed by atoms with Gasteiger partial charge in [-0.3, -0.25) is 9.69 Å². The summed E-state index contributed by atoms with van der Waals surface area (Å²) in [7, 11) is 0. The summed E-state index contributed by atoms with van der Waals surface area (Å²) in [5.74, 6) is -0.649. The third kappa shape index (κ3) is 1.22. The first-order chi connectivity index (χ1) is 5.67. The molecule has 0 aromatic carbocycles. The van der Waals surface area contributed by atoms with E-state index in [1.807, 2.05) is 13.8 Å². The van der Waals surface area contributed by atoms with Gasteiger partial charge in [0.2, 0.25) is 0 Å². The molecule has 0 radical (unpaired) electrons. The smallest absolute Gasteiger partial charge is 0.324 e. The lowest BCUT2D eigenvalue weighted by Crippen LogP contribution is -2.49. The van der Waals surface area contributed by atoms with Gasteiger partial charge in [-0.2, -0.15) is 0 Å². The van der Waals surface area contributed by atoms with Crippen LogP contribution in [-0.2, 0) is 4.79 Å². The molecule has 0 aromatic heterocycles. The summed E-state index contributed by atoms with van der Waals surface area (Å²) in [6.45, 7) is 5.78. The lowest BCUT2D eigenvalue weighted by Gasteiger charge is -2.32. The Morgan fingerprint density at radius 1 is 1.58 bits per heavy atom. The van der Waals surface area contributed by atoms with Crippen molar-refractivity contribution in [1.29, 1.82) is 0 Å². The van der Waals surface area contributed by atoms with Gasteiger partial charge in [-0.1, -0.05) is 13.8 Å². The maximum atomic E-state index is 11.1. The molecule has 1 rings (SSSR count). The zero-order valence-electron chi connectivity index (χ0n) is 7.84. The predicted octanol–water partition coefficient (Wildman–Crippen LogP) is 1.34. The monoisotopic (exact) mass is 171 g/mol. The molecule has 1 aliphatic heterocycles. The van der Waals surface area contributed by atoms with Gasteiger partial charge in [-0.25, -0.2) is 0 Å². The van der Waals surface area contributed by atoms with Crippen molar-refractivity contribution in [2.24, 2.45) is 0 Å². The van der Waals surface area contributed by atoms with Crippen LogP contribution in [-0.4, -0.2) is 34.6 Å². The van der Waals surface area contributed by atoms with Crippen LogP contribution in [0.4, 0.5) is 0 Å². The van der Waals surface area contributed by atoms with Crippen LogP contribution in [0, 0.1) is 0 Å². The van der Waals surface area contributed by atoms with Crippen molar-refractivity contribution in [3.63, 3.8) is 0 Å². The summed E-state index contributed by atoms with van der Waals surface area (Å²) in [5, 5.41) is 9.12. The topological polar surface area (TPSA) is 40.5 Å². The Morgan fingerprint density at radius 2 is 2.25 bits per heavy atom. The second-order valence-corrected chi connectivity index (χ2v) is 3.37. The van der Waals surface area contributed by atoms with Gasteiger partial charge in [0.05, 0.1) is 0 Å². The van der Waals surface area contributed by atoms with Crippen LogP contribution in [0.1, 0.15) is 33.1 Å². The van der Waals surface area contributed by atoms with E-state index in [9.17, 15) is 4.79 Å². The lowest BCUT2D eigenvalue weighted by atomic mass is 9.93. The van der Waals surface area contributed by atoms with Gasteiger partial charge in [-0.15, -0.1) is 0 Å². The number of rotatable bonds is 3. The van der Waals surface area contributed by atoms with Crippen molar-refractivity contribution in [2.45, 2.75) is 38.6 Å². The first-order valence-electron chi connectivity index (χ1n) is 4.66. The third-order valence-corrected chi connectivity index (χ3v) is 2.99. The minimum Gasteiger partial charge on any atom is -0.480 e. The van der Waals surface area contributed by atoms with E-state index in [0.29, 0.717) is 0 Å². The van der Waals surface area contributed by atoms with Crippen molar-refractivity contribution < 1.29 is 9.90 Å². The fourth-order valence-electron chi connectivity index (χ4n) is 2.19. The van der Waals surface area contributed by atoms with Crippen LogP contribution < -0.4 is 0 Å². The van der Waals surface area contributed by atoms with E-state index in [4.69, 9.17) is 5.11 Å². The summed E-state index contributed by atoms with van der Waals surface area (Å²) in [4.78, 5) is 13.2. The van der Waals surface area contributed by atoms with Gasteiger partial charge in [0.15, 0.2) is 0 Å².